The highest BCUT2D eigenvalue weighted by molar-refractivity contribution is 6.04. The quantitative estimate of drug-likeness (QED) is 0.560. The molecule has 0 spiro atoms. The predicted octanol–water partition coefficient (Wildman–Crippen LogP) is 4.85. The van der Waals surface area contributed by atoms with Crippen LogP contribution in [0, 0.1) is 0 Å². The number of anilines is 1. The lowest BCUT2D eigenvalue weighted by Crippen LogP contribution is -1.97. The molecule has 0 aliphatic heterocycles. The summed E-state index contributed by atoms with van der Waals surface area (Å²) in [5.41, 5.74) is 2.84. The second-order valence-corrected chi connectivity index (χ2v) is 5.27. The zero-order chi connectivity index (χ0) is 16.5. The van der Waals surface area contributed by atoms with E-state index in [2.05, 4.69) is 19.2 Å². The van der Waals surface area contributed by atoms with Crippen LogP contribution in [0.15, 0.2) is 60.8 Å². The zero-order valence-corrected chi connectivity index (χ0v) is 13.7. The van der Waals surface area contributed by atoms with E-state index in [9.17, 15) is 4.79 Å². The molecule has 0 saturated heterocycles. The van der Waals surface area contributed by atoms with Crippen LogP contribution in [-0.2, 0) is 6.42 Å². The molecule has 0 aliphatic rings. The van der Waals surface area contributed by atoms with Gasteiger partial charge in [-0.2, -0.15) is 0 Å². The van der Waals surface area contributed by atoms with Crippen molar-refractivity contribution in [3.05, 3.63) is 71.9 Å². The van der Waals surface area contributed by atoms with Crippen LogP contribution in [0.2, 0.25) is 0 Å². The lowest BCUT2D eigenvalue weighted by Gasteiger charge is -2.05. The van der Waals surface area contributed by atoms with E-state index < -0.39 is 0 Å². The number of hydrogen-bond donors (Lipinski definition) is 1. The molecule has 1 N–H and O–H groups in total. The SMILES string of the molecule is CCCOc1ccc(N/C=C/C(=O)c2ccc(CC)cc2)cc1. The highest BCUT2D eigenvalue weighted by atomic mass is 16.5. The lowest BCUT2D eigenvalue weighted by molar-refractivity contribution is 0.104. The number of carbonyl (C=O) groups is 1. The van der Waals surface area contributed by atoms with Crippen LogP contribution >= 0.6 is 0 Å². The van der Waals surface area contributed by atoms with E-state index in [1.54, 1.807) is 12.3 Å². The van der Waals surface area contributed by atoms with Crippen LogP contribution < -0.4 is 10.1 Å². The van der Waals surface area contributed by atoms with Crippen molar-refractivity contribution < 1.29 is 9.53 Å². The number of carbonyl (C=O) groups excluding carboxylic acids is 1. The molecule has 0 saturated carbocycles. The first-order valence-corrected chi connectivity index (χ1v) is 8.02. The molecule has 0 bridgehead atoms. The van der Waals surface area contributed by atoms with Crippen LogP contribution in [-0.4, -0.2) is 12.4 Å². The third-order valence-electron chi connectivity index (χ3n) is 3.46. The Bertz CT molecular complexity index is 642. The van der Waals surface area contributed by atoms with Gasteiger partial charge in [-0.15, -0.1) is 0 Å². The summed E-state index contributed by atoms with van der Waals surface area (Å²) in [5, 5.41) is 3.09. The van der Waals surface area contributed by atoms with E-state index in [0.29, 0.717) is 5.56 Å². The van der Waals surface area contributed by atoms with E-state index in [1.165, 1.54) is 5.56 Å². The van der Waals surface area contributed by atoms with Gasteiger partial charge in [0.1, 0.15) is 5.75 Å². The maximum Gasteiger partial charge on any atom is 0.187 e. The Morgan fingerprint density at radius 2 is 1.74 bits per heavy atom. The van der Waals surface area contributed by atoms with Gasteiger partial charge in [0.25, 0.3) is 0 Å². The fourth-order valence-corrected chi connectivity index (χ4v) is 2.08. The molecule has 2 aromatic carbocycles. The van der Waals surface area contributed by atoms with Crippen molar-refractivity contribution in [3.8, 4) is 5.75 Å². The average molecular weight is 309 g/mol. The minimum Gasteiger partial charge on any atom is -0.494 e. The maximum absolute atomic E-state index is 12.1. The van der Waals surface area contributed by atoms with Crippen LogP contribution in [0.25, 0.3) is 0 Å². The first-order valence-electron chi connectivity index (χ1n) is 8.02. The third-order valence-corrected chi connectivity index (χ3v) is 3.46. The second-order valence-electron chi connectivity index (χ2n) is 5.27. The Morgan fingerprint density at radius 3 is 2.35 bits per heavy atom. The first kappa shape index (κ1) is 16.8. The summed E-state index contributed by atoms with van der Waals surface area (Å²) in [6, 6.07) is 15.4. The number of nitrogens with one attached hydrogen (secondary N) is 1. The number of aryl methyl sites for hydroxylation is 1. The molecule has 0 amide bonds. The summed E-state index contributed by atoms with van der Waals surface area (Å²) in [6.45, 7) is 4.89. The molecule has 0 fully saturated rings. The summed E-state index contributed by atoms with van der Waals surface area (Å²) in [7, 11) is 0. The molecule has 0 atom stereocenters. The van der Waals surface area contributed by atoms with Gasteiger partial charge in [-0.05, 0) is 42.7 Å². The van der Waals surface area contributed by atoms with Crippen LogP contribution in [0.5, 0.6) is 5.75 Å². The average Bonchev–Trinajstić information content (AvgIpc) is 2.61. The fraction of sp³-hybridized carbons (Fsp3) is 0.250. The van der Waals surface area contributed by atoms with Gasteiger partial charge in [-0.1, -0.05) is 38.1 Å². The normalized spacial score (nSPS) is 10.7. The van der Waals surface area contributed by atoms with Gasteiger partial charge in [0.05, 0.1) is 6.61 Å². The van der Waals surface area contributed by atoms with Gasteiger partial charge in [0.2, 0.25) is 0 Å². The number of ketones is 1. The monoisotopic (exact) mass is 309 g/mol. The van der Waals surface area contributed by atoms with Crippen molar-refractivity contribution in [2.24, 2.45) is 0 Å². The van der Waals surface area contributed by atoms with Crippen molar-refractivity contribution in [2.75, 3.05) is 11.9 Å². The standard InChI is InChI=1S/C20H23NO2/c1-3-15-23-19-11-9-18(10-12-19)21-14-13-20(22)17-7-5-16(4-2)6-8-17/h5-14,21H,3-4,15H2,1-2H3/b14-13+. The Kier molecular flexibility index (Phi) is 6.42. The molecule has 2 aromatic rings. The Labute approximate surface area is 138 Å². The molecular formula is C20H23NO2. The largest absolute Gasteiger partial charge is 0.494 e. The van der Waals surface area contributed by atoms with E-state index in [1.807, 2.05) is 48.5 Å². The van der Waals surface area contributed by atoms with Gasteiger partial charge in [-0.25, -0.2) is 0 Å². The Balaban J connectivity index is 1.88. The van der Waals surface area contributed by atoms with Crippen molar-refractivity contribution in [3.63, 3.8) is 0 Å². The zero-order valence-electron chi connectivity index (χ0n) is 13.7. The summed E-state index contributed by atoms with van der Waals surface area (Å²) in [4.78, 5) is 12.1. The number of hydrogen-bond acceptors (Lipinski definition) is 3. The molecule has 0 aromatic heterocycles. The Hall–Kier alpha value is -2.55. The van der Waals surface area contributed by atoms with Gasteiger partial charge in [0.15, 0.2) is 5.78 Å². The summed E-state index contributed by atoms with van der Waals surface area (Å²) in [5.74, 6) is 0.844. The molecule has 3 heteroatoms. The van der Waals surface area contributed by atoms with Crippen molar-refractivity contribution in [2.45, 2.75) is 26.7 Å². The number of allylic oxidation sites excluding steroid dienone is 1. The summed E-state index contributed by atoms with van der Waals surface area (Å²) >= 11 is 0. The van der Waals surface area contributed by atoms with Gasteiger partial charge < -0.3 is 10.1 Å². The van der Waals surface area contributed by atoms with Gasteiger partial charge in [0, 0.05) is 23.5 Å². The third kappa shape index (κ3) is 5.29. The van der Waals surface area contributed by atoms with Crippen LogP contribution in [0.4, 0.5) is 5.69 Å². The van der Waals surface area contributed by atoms with Crippen molar-refractivity contribution in [1.29, 1.82) is 0 Å². The van der Waals surface area contributed by atoms with E-state index in [0.717, 1.165) is 30.9 Å². The molecule has 0 aliphatic carbocycles. The Morgan fingerprint density at radius 1 is 1.04 bits per heavy atom. The molecule has 2 rings (SSSR count). The highest BCUT2D eigenvalue weighted by Gasteiger charge is 2.01. The summed E-state index contributed by atoms with van der Waals surface area (Å²) < 4.78 is 5.53. The minimum atomic E-state index is -0.0111. The lowest BCUT2D eigenvalue weighted by atomic mass is 10.1. The fourth-order valence-electron chi connectivity index (χ4n) is 2.08. The molecular weight excluding hydrogens is 286 g/mol. The minimum absolute atomic E-state index is 0.0111. The predicted molar refractivity (Wildman–Crippen MR) is 95.1 cm³/mol. The van der Waals surface area contributed by atoms with E-state index in [-0.39, 0.29) is 5.78 Å². The second kappa shape index (κ2) is 8.79. The first-order chi connectivity index (χ1) is 11.2. The highest BCUT2D eigenvalue weighted by Crippen LogP contribution is 2.16. The van der Waals surface area contributed by atoms with Gasteiger partial charge in [-0.3, -0.25) is 4.79 Å². The molecule has 0 unspecified atom stereocenters. The molecule has 3 nitrogen and oxygen atoms in total. The number of benzene rings is 2. The van der Waals surface area contributed by atoms with E-state index in [4.69, 9.17) is 4.74 Å². The smallest absolute Gasteiger partial charge is 0.187 e. The number of ether oxygens (including phenoxy) is 1. The molecule has 0 heterocycles. The summed E-state index contributed by atoms with van der Waals surface area (Å²) in [6.07, 6.45) is 5.17. The van der Waals surface area contributed by atoms with Crippen LogP contribution in [0.3, 0.4) is 0 Å². The molecule has 23 heavy (non-hydrogen) atoms. The molecule has 120 valence electrons. The van der Waals surface area contributed by atoms with Crippen LogP contribution in [0.1, 0.15) is 36.2 Å². The molecule has 0 radical (unpaired) electrons. The van der Waals surface area contributed by atoms with Crippen molar-refractivity contribution >= 4 is 11.5 Å². The topological polar surface area (TPSA) is 38.3 Å². The van der Waals surface area contributed by atoms with Gasteiger partial charge >= 0.3 is 0 Å². The maximum atomic E-state index is 12.1. The number of rotatable bonds is 8. The van der Waals surface area contributed by atoms with Crippen molar-refractivity contribution in [1.82, 2.24) is 0 Å². The van der Waals surface area contributed by atoms with E-state index >= 15 is 0 Å².